The van der Waals surface area contributed by atoms with Gasteiger partial charge in [-0.1, -0.05) is 19.9 Å². The van der Waals surface area contributed by atoms with E-state index in [0.717, 1.165) is 12.1 Å². The number of hydrogen-bond acceptors (Lipinski definition) is 3. The summed E-state index contributed by atoms with van der Waals surface area (Å²) >= 11 is 0. The topological polar surface area (TPSA) is 61.4 Å². The molecule has 2 unspecified atom stereocenters. The van der Waals surface area contributed by atoms with Crippen LogP contribution in [0.3, 0.4) is 0 Å². The predicted octanol–water partition coefficient (Wildman–Crippen LogP) is 2.40. The molecule has 1 saturated carbocycles. The average Bonchev–Trinajstić information content (AvgIpc) is 2.38. The Balaban J connectivity index is 2.05. The largest absolute Gasteiger partial charge is 0.392 e. The molecule has 0 heterocycles. The monoisotopic (exact) mass is 276 g/mol. The summed E-state index contributed by atoms with van der Waals surface area (Å²) in [6.45, 7) is 7.98. The maximum atomic E-state index is 12.0. The summed E-state index contributed by atoms with van der Waals surface area (Å²) in [5.74, 6) is -0.0587. The van der Waals surface area contributed by atoms with Gasteiger partial charge in [-0.2, -0.15) is 0 Å². The molecular formula is C16H24N2O2. The van der Waals surface area contributed by atoms with Gasteiger partial charge in [0.2, 0.25) is 0 Å². The number of nitrogens with one attached hydrogen (secondary N) is 2. The summed E-state index contributed by atoms with van der Waals surface area (Å²) in [5, 5.41) is 16.1. The third-order valence-corrected chi connectivity index (χ3v) is 4.10. The van der Waals surface area contributed by atoms with E-state index >= 15 is 0 Å². The van der Waals surface area contributed by atoms with Crippen molar-refractivity contribution < 1.29 is 9.90 Å². The highest BCUT2D eigenvalue weighted by Gasteiger charge is 2.47. The number of carbonyl (C=O) groups excluding carboxylic acids is 1. The van der Waals surface area contributed by atoms with Crippen LogP contribution in [0, 0.1) is 5.41 Å². The zero-order valence-electron chi connectivity index (χ0n) is 12.6. The van der Waals surface area contributed by atoms with Crippen LogP contribution in [0.4, 0.5) is 5.69 Å². The zero-order chi connectivity index (χ0) is 14.9. The first kappa shape index (κ1) is 14.9. The van der Waals surface area contributed by atoms with Crippen molar-refractivity contribution in [3.05, 3.63) is 29.8 Å². The molecule has 1 aromatic carbocycles. The molecule has 1 aliphatic carbocycles. The Morgan fingerprint density at radius 3 is 2.65 bits per heavy atom. The quantitative estimate of drug-likeness (QED) is 0.791. The lowest BCUT2D eigenvalue weighted by molar-refractivity contribution is -0.0510. The highest BCUT2D eigenvalue weighted by Crippen LogP contribution is 2.42. The van der Waals surface area contributed by atoms with E-state index in [2.05, 4.69) is 10.6 Å². The van der Waals surface area contributed by atoms with Crippen LogP contribution in [-0.4, -0.2) is 29.2 Å². The zero-order valence-corrected chi connectivity index (χ0v) is 12.6. The molecule has 4 nitrogen and oxygen atoms in total. The maximum absolute atomic E-state index is 12.0. The van der Waals surface area contributed by atoms with Gasteiger partial charge in [0.25, 0.3) is 5.91 Å². The SMILES string of the molecule is CC(C)NC(=O)c1cccc(NC2CC(O)C2(C)C)c1. The van der Waals surface area contributed by atoms with E-state index in [0.29, 0.717) is 5.56 Å². The summed E-state index contributed by atoms with van der Waals surface area (Å²) in [4.78, 5) is 12.0. The number of carbonyl (C=O) groups is 1. The second-order valence-corrected chi connectivity index (χ2v) is 6.48. The van der Waals surface area contributed by atoms with E-state index in [1.165, 1.54) is 0 Å². The van der Waals surface area contributed by atoms with Crippen molar-refractivity contribution >= 4 is 11.6 Å². The van der Waals surface area contributed by atoms with Crippen LogP contribution in [0.5, 0.6) is 0 Å². The standard InChI is InChI=1S/C16H24N2O2/c1-10(2)17-15(20)11-6-5-7-12(8-11)18-13-9-14(19)16(13,3)4/h5-8,10,13-14,18-19H,9H2,1-4H3,(H,17,20). The van der Waals surface area contributed by atoms with Crippen molar-refractivity contribution in [2.45, 2.75) is 52.3 Å². The number of aliphatic hydroxyl groups excluding tert-OH is 1. The Bertz CT molecular complexity index is 497. The van der Waals surface area contributed by atoms with Crippen LogP contribution >= 0.6 is 0 Å². The number of amides is 1. The minimum absolute atomic E-state index is 0.0587. The van der Waals surface area contributed by atoms with E-state index in [1.807, 2.05) is 52.0 Å². The molecule has 0 saturated heterocycles. The number of hydrogen-bond donors (Lipinski definition) is 3. The lowest BCUT2D eigenvalue weighted by Crippen LogP contribution is -2.56. The average molecular weight is 276 g/mol. The van der Waals surface area contributed by atoms with Gasteiger partial charge >= 0.3 is 0 Å². The lowest BCUT2D eigenvalue weighted by atomic mass is 9.64. The van der Waals surface area contributed by atoms with Crippen molar-refractivity contribution in [3.8, 4) is 0 Å². The number of anilines is 1. The molecule has 20 heavy (non-hydrogen) atoms. The van der Waals surface area contributed by atoms with Crippen LogP contribution in [-0.2, 0) is 0 Å². The number of aliphatic hydroxyl groups is 1. The highest BCUT2D eigenvalue weighted by atomic mass is 16.3. The first-order valence-corrected chi connectivity index (χ1v) is 7.16. The Morgan fingerprint density at radius 2 is 2.10 bits per heavy atom. The fourth-order valence-corrected chi connectivity index (χ4v) is 2.44. The summed E-state index contributed by atoms with van der Waals surface area (Å²) in [5.41, 5.74) is 1.45. The molecule has 3 N–H and O–H groups in total. The van der Waals surface area contributed by atoms with E-state index in [1.54, 1.807) is 0 Å². The van der Waals surface area contributed by atoms with E-state index < -0.39 is 0 Å². The molecule has 0 spiro atoms. The minimum atomic E-state index is -0.257. The molecule has 0 aliphatic heterocycles. The Kier molecular flexibility index (Phi) is 4.04. The van der Waals surface area contributed by atoms with Crippen molar-refractivity contribution in [1.29, 1.82) is 0 Å². The van der Waals surface area contributed by atoms with Crippen LogP contribution < -0.4 is 10.6 Å². The van der Waals surface area contributed by atoms with Crippen LogP contribution in [0.15, 0.2) is 24.3 Å². The van der Waals surface area contributed by atoms with Gasteiger partial charge in [0, 0.05) is 28.7 Å². The Labute approximate surface area is 120 Å². The molecule has 2 rings (SSSR count). The fourth-order valence-electron chi connectivity index (χ4n) is 2.44. The third-order valence-electron chi connectivity index (χ3n) is 4.10. The van der Waals surface area contributed by atoms with Crippen molar-refractivity contribution in [3.63, 3.8) is 0 Å². The van der Waals surface area contributed by atoms with Crippen LogP contribution in [0.25, 0.3) is 0 Å². The smallest absolute Gasteiger partial charge is 0.251 e. The third kappa shape index (κ3) is 2.96. The van der Waals surface area contributed by atoms with E-state index in [-0.39, 0.29) is 29.5 Å². The molecule has 110 valence electrons. The van der Waals surface area contributed by atoms with E-state index in [9.17, 15) is 9.90 Å². The Hall–Kier alpha value is -1.55. The maximum Gasteiger partial charge on any atom is 0.251 e. The predicted molar refractivity (Wildman–Crippen MR) is 80.9 cm³/mol. The molecule has 2 atom stereocenters. The molecule has 1 aliphatic rings. The molecule has 0 aromatic heterocycles. The summed E-state index contributed by atoms with van der Waals surface area (Å²) < 4.78 is 0. The van der Waals surface area contributed by atoms with Crippen molar-refractivity contribution in [2.24, 2.45) is 5.41 Å². The lowest BCUT2D eigenvalue weighted by Gasteiger charge is -2.49. The highest BCUT2D eigenvalue weighted by molar-refractivity contribution is 5.95. The Morgan fingerprint density at radius 1 is 1.40 bits per heavy atom. The van der Waals surface area contributed by atoms with Gasteiger partial charge in [0.15, 0.2) is 0 Å². The summed E-state index contributed by atoms with van der Waals surface area (Å²) in [7, 11) is 0. The fraction of sp³-hybridized carbons (Fsp3) is 0.562. The molecule has 4 heteroatoms. The van der Waals surface area contributed by atoms with Crippen LogP contribution in [0.2, 0.25) is 0 Å². The van der Waals surface area contributed by atoms with Gasteiger partial charge in [0.05, 0.1) is 6.10 Å². The number of rotatable bonds is 4. The van der Waals surface area contributed by atoms with Crippen molar-refractivity contribution in [1.82, 2.24) is 5.32 Å². The second kappa shape index (κ2) is 5.44. The minimum Gasteiger partial charge on any atom is -0.392 e. The van der Waals surface area contributed by atoms with Gasteiger partial charge in [-0.05, 0) is 38.5 Å². The van der Waals surface area contributed by atoms with Gasteiger partial charge in [-0.15, -0.1) is 0 Å². The molecular weight excluding hydrogens is 252 g/mol. The first-order valence-electron chi connectivity index (χ1n) is 7.16. The molecule has 1 amide bonds. The normalized spacial score (nSPS) is 24.1. The van der Waals surface area contributed by atoms with Crippen molar-refractivity contribution in [2.75, 3.05) is 5.32 Å². The first-order chi connectivity index (χ1) is 9.30. The summed E-state index contributed by atoms with van der Waals surface area (Å²) in [6, 6.07) is 7.86. The van der Waals surface area contributed by atoms with Gasteiger partial charge < -0.3 is 15.7 Å². The van der Waals surface area contributed by atoms with E-state index in [4.69, 9.17) is 0 Å². The number of benzene rings is 1. The molecule has 1 fully saturated rings. The summed E-state index contributed by atoms with van der Waals surface area (Å²) in [6.07, 6.45) is 0.488. The van der Waals surface area contributed by atoms with Gasteiger partial charge in [0.1, 0.15) is 0 Å². The van der Waals surface area contributed by atoms with Gasteiger partial charge in [-0.3, -0.25) is 4.79 Å². The van der Waals surface area contributed by atoms with Crippen LogP contribution in [0.1, 0.15) is 44.5 Å². The molecule has 1 aromatic rings. The second-order valence-electron chi connectivity index (χ2n) is 6.48. The molecule has 0 bridgehead atoms. The molecule has 0 radical (unpaired) electrons. The van der Waals surface area contributed by atoms with Gasteiger partial charge in [-0.25, -0.2) is 0 Å².